The molecule has 0 heterocycles. The Hall–Kier alpha value is -1.02. The Labute approximate surface area is 111 Å². The topological polar surface area (TPSA) is 35.2 Å². The summed E-state index contributed by atoms with van der Waals surface area (Å²) in [6.07, 6.45) is 5.91. The van der Waals surface area contributed by atoms with Gasteiger partial charge in [0.05, 0.1) is 6.10 Å². The second-order valence-corrected chi connectivity index (χ2v) is 5.53. The smallest absolute Gasteiger partial charge is 0.119 e. The van der Waals surface area contributed by atoms with Gasteiger partial charge in [-0.1, -0.05) is 26.0 Å². The fourth-order valence-electron chi connectivity index (χ4n) is 2.51. The minimum Gasteiger partial charge on any atom is -0.490 e. The van der Waals surface area contributed by atoms with E-state index in [1.54, 1.807) is 0 Å². The second kappa shape index (κ2) is 6.24. The van der Waals surface area contributed by atoms with Gasteiger partial charge < -0.3 is 10.5 Å². The molecule has 0 aromatic heterocycles. The quantitative estimate of drug-likeness (QED) is 0.877. The SMILES string of the molecule is CCC(C)c1ccc(OC2CCC(N)CC2)cc1. The van der Waals surface area contributed by atoms with Crippen LogP contribution in [-0.2, 0) is 0 Å². The van der Waals surface area contributed by atoms with Crippen LogP contribution in [0.3, 0.4) is 0 Å². The molecule has 0 aliphatic heterocycles. The predicted octanol–water partition coefficient (Wildman–Crippen LogP) is 3.85. The van der Waals surface area contributed by atoms with Gasteiger partial charge in [0.1, 0.15) is 5.75 Å². The Bertz CT molecular complexity index is 352. The Morgan fingerprint density at radius 1 is 1.17 bits per heavy atom. The molecule has 1 aromatic rings. The van der Waals surface area contributed by atoms with Crippen LogP contribution in [0.15, 0.2) is 24.3 Å². The molecule has 1 aliphatic rings. The molecule has 0 spiro atoms. The average Bonchev–Trinajstić information content (AvgIpc) is 2.41. The fourth-order valence-corrected chi connectivity index (χ4v) is 2.51. The molecule has 0 amide bonds. The van der Waals surface area contributed by atoms with Crippen molar-refractivity contribution in [1.29, 1.82) is 0 Å². The molecule has 0 bridgehead atoms. The van der Waals surface area contributed by atoms with Crippen LogP contribution in [0.2, 0.25) is 0 Å². The molecule has 1 aliphatic carbocycles. The van der Waals surface area contributed by atoms with E-state index in [-0.39, 0.29) is 0 Å². The lowest BCUT2D eigenvalue weighted by molar-refractivity contribution is 0.147. The molecule has 18 heavy (non-hydrogen) atoms. The fraction of sp³-hybridized carbons (Fsp3) is 0.625. The zero-order chi connectivity index (χ0) is 13.0. The van der Waals surface area contributed by atoms with Gasteiger partial charge in [0.2, 0.25) is 0 Å². The maximum atomic E-state index is 6.02. The lowest BCUT2D eigenvalue weighted by Crippen LogP contribution is -2.31. The Morgan fingerprint density at radius 3 is 2.33 bits per heavy atom. The zero-order valence-electron chi connectivity index (χ0n) is 11.6. The van der Waals surface area contributed by atoms with Gasteiger partial charge in [0, 0.05) is 6.04 Å². The van der Waals surface area contributed by atoms with Crippen LogP contribution in [-0.4, -0.2) is 12.1 Å². The number of rotatable bonds is 4. The van der Waals surface area contributed by atoms with Crippen LogP contribution in [0.25, 0.3) is 0 Å². The van der Waals surface area contributed by atoms with E-state index in [1.165, 1.54) is 12.0 Å². The van der Waals surface area contributed by atoms with Crippen molar-refractivity contribution in [1.82, 2.24) is 0 Å². The summed E-state index contributed by atoms with van der Waals surface area (Å²) < 4.78 is 6.02. The van der Waals surface area contributed by atoms with E-state index in [9.17, 15) is 0 Å². The van der Waals surface area contributed by atoms with Gasteiger partial charge in [0.25, 0.3) is 0 Å². The molecule has 100 valence electrons. The number of nitrogens with two attached hydrogens (primary N) is 1. The summed E-state index contributed by atoms with van der Waals surface area (Å²) >= 11 is 0. The number of hydrogen-bond donors (Lipinski definition) is 1. The molecular formula is C16H25NO. The average molecular weight is 247 g/mol. The van der Waals surface area contributed by atoms with Crippen LogP contribution in [0, 0.1) is 0 Å². The van der Waals surface area contributed by atoms with Gasteiger partial charge in [-0.25, -0.2) is 0 Å². The maximum Gasteiger partial charge on any atom is 0.119 e. The van der Waals surface area contributed by atoms with Crippen LogP contribution < -0.4 is 10.5 Å². The van der Waals surface area contributed by atoms with Crippen molar-refractivity contribution >= 4 is 0 Å². The Balaban J connectivity index is 1.90. The standard InChI is InChI=1S/C16H25NO/c1-3-12(2)13-4-8-15(9-5-13)18-16-10-6-14(17)7-11-16/h4-5,8-9,12,14,16H,3,6-7,10-11,17H2,1-2H3. The first-order valence-corrected chi connectivity index (χ1v) is 7.21. The lowest BCUT2D eigenvalue weighted by Gasteiger charge is -2.26. The van der Waals surface area contributed by atoms with Crippen molar-refractivity contribution in [2.45, 2.75) is 64.0 Å². The van der Waals surface area contributed by atoms with Crippen molar-refractivity contribution in [2.75, 3.05) is 0 Å². The monoisotopic (exact) mass is 247 g/mol. The van der Waals surface area contributed by atoms with Crippen molar-refractivity contribution in [3.8, 4) is 5.75 Å². The summed E-state index contributed by atoms with van der Waals surface area (Å²) in [5.41, 5.74) is 7.30. The summed E-state index contributed by atoms with van der Waals surface area (Å²) in [5.74, 6) is 1.63. The third kappa shape index (κ3) is 3.49. The van der Waals surface area contributed by atoms with Gasteiger partial charge in [-0.3, -0.25) is 0 Å². The third-order valence-electron chi connectivity index (χ3n) is 4.08. The summed E-state index contributed by atoms with van der Waals surface area (Å²) in [7, 11) is 0. The third-order valence-corrected chi connectivity index (χ3v) is 4.08. The van der Waals surface area contributed by atoms with Crippen molar-refractivity contribution < 1.29 is 4.74 Å². The molecular weight excluding hydrogens is 222 g/mol. The highest BCUT2D eigenvalue weighted by Crippen LogP contribution is 2.25. The molecule has 2 nitrogen and oxygen atoms in total. The van der Waals surface area contributed by atoms with Crippen molar-refractivity contribution in [2.24, 2.45) is 5.73 Å². The highest BCUT2D eigenvalue weighted by Gasteiger charge is 2.19. The van der Waals surface area contributed by atoms with Gasteiger partial charge in [-0.15, -0.1) is 0 Å². The Kier molecular flexibility index (Phi) is 4.65. The van der Waals surface area contributed by atoms with E-state index >= 15 is 0 Å². The minimum atomic E-state index is 0.360. The molecule has 1 aromatic carbocycles. The Morgan fingerprint density at radius 2 is 1.78 bits per heavy atom. The van der Waals surface area contributed by atoms with Crippen LogP contribution in [0.1, 0.15) is 57.4 Å². The van der Waals surface area contributed by atoms with Gasteiger partial charge in [0.15, 0.2) is 0 Å². The van der Waals surface area contributed by atoms with E-state index in [2.05, 4.69) is 38.1 Å². The summed E-state index contributed by atoms with van der Waals surface area (Å²) in [6.45, 7) is 4.48. The molecule has 2 N–H and O–H groups in total. The molecule has 0 saturated heterocycles. The number of hydrogen-bond acceptors (Lipinski definition) is 2. The molecule has 1 unspecified atom stereocenters. The molecule has 2 heteroatoms. The van der Waals surface area contributed by atoms with Crippen LogP contribution in [0.4, 0.5) is 0 Å². The molecule has 1 atom stereocenters. The number of benzene rings is 1. The summed E-state index contributed by atoms with van der Waals surface area (Å²) in [5, 5.41) is 0. The highest BCUT2D eigenvalue weighted by molar-refractivity contribution is 5.29. The molecule has 2 rings (SSSR count). The van der Waals surface area contributed by atoms with Crippen molar-refractivity contribution in [3.63, 3.8) is 0 Å². The maximum absolute atomic E-state index is 6.02. The van der Waals surface area contributed by atoms with E-state index in [0.717, 1.165) is 31.4 Å². The van der Waals surface area contributed by atoms with Crippen LogP contribution in [0.5, 0.6) is 5.75 Å². The van der Waals surface area contributed by atoms with E-state index in [0.29, 0.717) is 18.1 Å². The second-order valence-electron chi connectivity index (χ2n) is 5.53. The molecule has 1 fully saturated rings. The molecule has 1 saturated carbocycles. The van der Waals surface area contributed by atoms with Crippen LogP contribution >= 0.6 is 0 Å². The van der Waals surface area contributed by atoms with E-state index in [4.69, 9.17) is 10.5 Å². The normalized spacial score (nSPS) is 25.7. The summed E-state index contributed by atoms with van der Waals surface area (Å²) in [6, 6.07) is 8.99. The van der Waals surface area contributed by atoms with E-state index < -0.39 is 0 Å². The van der Waals surface area contributed by atoms with Gasteiger partial charge in [-0.2, -0.15) is 0 Å². The highest BCUT2D eigenvalue weighted by atomic mass is 16.5. The predicted molar refractivity (Wildman–Crippen MR) is 76.0 cm³/mol. The summed E-state index contributed by atoms with van der Waals surface area (Å²) in [4.78, 5) is 0. The van der Waals surface area contributed by atoms with Gasteiger partial charge in [-0.05, 0) is 55.7 Å². The zero-order valence-corrected chi connectivity index (χ0v) is 11.6. The molecule has 0 radical (unpaired) electrons. The first kappa shape index (κ1) is 13.4. The largest absolute Gasteiger partial charge is 0.490 e. The lowest BCUT2D eigenvalue weighted by atomic mass is 9.93. The first-order valence-electron chi connectivity index (χ1n) is 7.21. The van der Waals surface area contributed by atoms with Crippen molar-refractivity contribution in [3.05, 3.63) is 29.8 Å². The first-order chi connectivity index (χ1) is 8.69. The van der Waals surface area contributed by atoms with Gasteiger partial charge >= 0.3 is 0 Å². The minimum absolute atomic E-state index is 0.360. The number of ether oxygens (including phenoxy) is 1. The van der Waals surface area contributed by atoms with E-state index in [1.807, 2.05) is 0 Å².